The zero-order valence-corrected chi connectivity index (χ0v) is 14.8. The lowest BCUT2D eigenvalue weighted by molar-refractivity contribution is -0.169. The molecule has 1 spiro atoms. The number of ether oxygens (including phenoxy) is 2. The summed E-state index contributed by atoms with van der Waals surface area (Å²) in [5.41, 5.74) is 3.21. The zero-order chi connectivity index (χ0) is 17.3. The number of nitrogens with zero attached hydrogens (tertiary/aromatic N) is 3. The van der Waals surface area contributed by atoms with Crippen molar-refractivity contribution in [1.82, 2.24) is 9.97 Å². The van der Waals surface area contributed by atoms with E-state index in [9.17, 15) is 0 Å². The van der Waals surface area contributed by atoms with Crippen molar-refractivity contribution in [2.45, 2.75) is 32.5 Å². The summed E-state index contributed by atoms with van der Waals surface area (Å²) in [6.07, 6.45) is 1.70. The minimum absolute atomic E-state index is 0.372. The molecule has 0 atom stereocenters. The van der Waals surface area contributed by atoms with Crippen LogP contribution in [0.15, 0.2) is 30.3 Å². The predicted octanol–water partition coefficient (Wildman–Crippen LogP) is 3.18. The summed E-state index contributed by atoms with van der Waals surface area (Å²) >= 11 is 0. The van der Waals surface area contributed by atoms with Crippen molar-refractivity contribution in [1.29, 1.82) is 0 Å². The summed E-state index contributed by atoms with van der Waals surface area (Å²) in [5.74, 6) is 1.22. The van der Waals surface area contributed by atoms with Crippen LogP contribution in [0.3, 0.4) is 0 Å². The van der Waals surface area contributed by atoms with E-state index in [-0.39, 0.29) is 5.79 Å². The SMILES string of the molecule is Cc1cccc(Nc2cc(C)nc(N3CCC4(CC3)OCCO4)n2)c1. The fraction of sp³-hybridized carbons (Fsp3) is 0.474. The molecule has 2 aliphatic rings. The van der Waals surface area contributed by atoms with E-state index >= 15 is 0 Å². The maximum Gasteiger partial charge on any atom is 0.227 e. The van der Waals surface area contributed by atoms with Gasteiger partial charge in [0, 0.05) is 43.4 Å². The van der Waals surface area contributed by atoms with E-state index in [4.69, 9.17) is 14.5 Å². The molecule has 25 heavy (non-hydrogen) atoms. The number of anilines is 3. The molecule has 1 aromatic heterocycles. The first-order valence-corrected chi connectivity index (χ1v) is 8.84. The molecular weight excluding hydrogens is 316 g/mol. The van der Waals surface area contributed by atoms with E-state index in [2.05, 4.69) is 34.3 Å². The van der Waals surface area contributed by atoms with Crippen molar-refractivity contribution < 1.29 is 9.47 Å². The third-order valence-corrected chi connectivity index (χ3v) is 4.75. The van der Waals surface area contributed by atoms with Gasteiger partial charge >= 0.3 is 0 Å². The summed E-state index contributed by atoms with van der Waals surface area (Å²) in [6, 6.07) is 10.2. The van der Waals surface area contributed by atoms with Gasteiger partial charge < -0.3 is 19.7 Å². The molecule has 2 aliphatic heterocycles. The van der Waals surface area contributed by atoms with Crippen LogP contribution in [0.1, 0.15) is 24.1 Å². The van der Waals surface area contributed by atoms with Crippen LogP contribution in [0.2, 0.25) is 0 Å². The van der Waals surface area contributed by atoms with E-state index in [1.54, 1.807) is 0 Å². The largest absolute Gasteiger partial charge is 0.347 e. The molecule has 2 saturated heterocycles. The maximum absolute atomic E-state index is 5.80. The lowest BCUT2D eigenvalue weighted by atomic mass is 10.0. The molecule has 0 bridgehead atoms. The second-order valence-corrected chi connectivity index (χ2v) is 6.78. The van der Waals surface area contributed by atoms with Crippen LogP contribution >= 0.6 is 0 Å². The Morgan fingerprint density at radius 1 is 1.04 bits per heavy atom. The van der Waals surface area contributed by atoms with Gasteiger partial charge in [-0.1, -0.05) is 12.1 Å². The quantitative estimate of drug-likeness (QED) is 0.926. The van der Waals surface area contributed by atoms with Crippen molar-refractivity contribution >= 4 is 17.5 Å². The Hall–Kier alpha value is -2.18. The van der Waals surface area contributed by atoms with Crippen molar-refractivity contribution in [3.63, 3.8) is 0 Å². The molecule has 0 unspecified atom stereocenters. The predicted molar refractivity (Wildman–Crippen MR) is 97.3 cm³/mol. The van der Waals surface area contributed by atoms with Crippen molar-refractivity contribution in [3.05, 3.63) is 41.6 Å². The first-order chi connectivity index (χ1) is 12.1. The first-order valence-electron chi connectivity index (χ1n) is 8.84. The molecular formula is C19H24N4O2. The number of piperidine rings is 1. The third-order valence-electron chi connectivity index (χ3n) is 4.75. The molecule has 4 rings (SSSR count). The van der Waals surface area contributed by atoms with E-state index < -0.39 is 0 Å². The van der Waals surface area contributed by atoms with Crippen LogP contribution in [-0.4, -0.2) is 42.1 Å². The lowest BCUT2D eigenvalue weighted by Crippen LogP contribution is -2.45. The van der Waals surface area contributed by atoms with Gasteiger partial charge in [-0.15, -0.1) is 0 Å². The molecule has 3 heterocycles. The Kier molecular flexibility index (Phi) is 4.31. The standard InChI is InChI=1S/C19H24N4O2/c1-14-4-3-5-16(12-14)21-17-13-15(2)20-18(22-17)23-8-6-19(7-9-23)24-10-11-25-19/h3-5,12-13H,6-11H2,1-2H3,(H,20,21,22). The van der Waals surface area contributed by atoms with Crippen LogP contribution in [0.4, 0.5) is 17.5 Å². The highest BCUT2D eigenvalue weighted by Crippen LogP contribution is 2.32. The van der Waals surface area contributed by atoms with Gasteiger partial charge in [0.2, 0.25) is 5.95 Å². The normalized spacial score (nSPS) is 19.4. The van der Waals surface area contributed by atoms with E-state index in [1.807, 2.05) is 25.1 Å². The van der Waals surface area contributed by atoms with E-state index in [1.165, 1.54) is 5.56 Å². The third kappa shape index (κ3) is 3.60. The molecule has 0 saturated carbocycles. The van der Waals surface area contributed by atoms with Crippen LogP contribution in [0.25, 0.3) is 0 Å². The van der Waals surface area contributed by atoms with E-state index in [0.717, 1.165) is 49.1 Å². The van der Waals surface area contributed by atoms with Gasteiger partial charge in [-0.05, 0) is 31.5 Å². The lowest BCUT2D eigenvalue weighted by Gasteiger charge is -2.37. The molecule has 0 aliphatic carbocycles. The number of rotatable bonds is 3. The fourth-order valence-electron chi connectivity index (χ4n) is 3.46. The summed E-state index contributed by atoms with van der Waals surface area (Å²) in [5, 5.41) is 3.39. The number of aryl methyl sites for hydroxylation is 2. The number of hydrogen-bond donors (Lipinski definition) is 1. The van der Waals surface area contributed by atoms with Gasteiger partial charge in [0.25, 0.3) is 0 Å². The Morgan fingerprint density at radius 3 is 2.52 bits per heavy atom. The Labute approximate surface area is 148 Å². The van der Waals surface area contributed by atoms with Crippen LogP contribution in [-0.2, 0) is 9.47 Å². The second kappa shape index (κ2) is 6.61. The van der Waals surface area contributed by atoms with Crippen molar-refractivity contribution in [2.24, 2.45) is 0 Å². The fourth-order valence-corrected chi connectivity index (χ4v) is 3.46. The average molecular weight is 340 g/mol. The van der Waals surface area contributed by atoms with Crippen molar-refractivity contribution in [2.75, 3.05) is 36.5 Å². The first kappa shape index (κ1) is 16.3. The molecule has 0 radical (unpaired) electrons. The summed E-state index contributed by atoms with van der Waals surface area (Å²) in [7, 11) is 0. The highest BCUT2D eigenvalue weighted by atomic mass is 16.7. The second-order valence-electron chi connectivity index (χ2n) is 6.78. The summed E-state index contributed by atoms with van der Waals surface area (Å²) < 4.78 is 11.6. The van der Waals surface area contributed by atoms with Gasteiger partial charge in [0.05, 0.1) is 13.2 Å². The van der Waals surface area contributed by atoms with Crippen LogP contribution in [0, 0.1) is 13.8 Å². The summed E-state index contributed by atoms with van der Waals surface area (Å²) in [6.45, 7) is 7.16. The Balaban J connectivity index is 1.50. The Bertz CT molecular complexity index is 749. The summed E-state index contributed by atoms with van der Waals surface area (Å²) in [4.78, 5) is 11.6. The number of hydrogen-bond acceptors (Lipinski definition) is 6. The molecule has 6 heteroatoms. The molecule has 132 valence electrons. The monoisotopic (exact) mass is 340 g/mol. The molecule has 2 fully saturated rings. The van der Waals surface area contributed by atoms with Gasteiger partial charge in [-0.2, -0.15) is 4.98 Å². The maximum atomic E-state index is 5.80. The molecule has 6 nitrogen and oxygen atoms in total. The molecule has 1 N–H and O–H groups in total. The molecule has 2 aromatic rings. The highest BCUT2D eigenvalue weighted by Gasteiger charge is 2.40. The highest BCUT2D eigenvalue weighted by molar-refractivity contribution is 5.58. The average Bonchev–Trinajstić information content (AvgIpc) is 3.03. The van der Waals surface area contributed by atoms with Gasteiger partial charge in [0.15, 0.2) is 5.79 Å². The number of nitrogens with one attached hydrogen (secondary N) is 1. The molecule has 1 aromatic carbocycles. The van der Waals surface area contributed by atoms with E-state index in [0.29, 0.717) is 13.2 Å². The zero-order valence-electron chi connectivity index (χ0n) is 14.8. The van der Waals surface area contributed by atoms with Crippen molar-refractivity contribution in [3.8, 4) is 0 Å². The van der Waals surface area contributed by atoms with Gasteiger partial charge in [-0.3, -0.25) is 0 Å². The molecule has 0 amide bonds. The smallest absolute Gasteiger partial charge is 0.227 e. The minimum atomic E-state index is -0.372. The minimum Gasteiger partial charge on any atom is -0.347 e. The Morgan fingerprint density at radius 2 is 1.80 bits per heavy atom. The van der Waals surface area contributed by atoms with Crippen LogP contribution < -0.4 is 10.2 Å². The topological polar surface area (TPSA) is 59.5 Å². The van der Waals surface area contributed by atoms with Gasteiger partial charge in [0.1, 0.15) is 5.82 Å². The number of benzene rings is 1. The van der Waals surface area contributed by atoms with Crippen LogP contribution in [0.5, 0.6) is 0 Å². The van der Waals surface area contributed by atoms with Gasteiger partial charge in [-0.25, -0.2) is 4.98 Å². The number of aromatic nitrogens is 2.